The molecule has 100 valence electrons. The lowest BCUT2D eigenvalue weighted by Gasteiger charge is -2.17. The molecule has 0 aliphatic heterocycles. The van der Waals surface area contributed by atoms with Gasteiger partial charge in [-0.2, -0.15) is 13.2 Å². The quantitative estimate of drug-likeness (QED) is 0.849. The van der Waals surface area contributed by atoms with Gasteiger partial charge >= 0.3 is 6.18 Å². The van der Waals surface area contributed by atoms with E-state index in [-0.39, 0.29) is 11.3 Å². The van der Waals surface area contributed by atoms with E-state index in [9.17, 15) is 18.0 Å². The van der Waals surface area contributed by atoms with Gasteiger partial charge in [0.2, 0.25) is 0 Å². The molecule has 0 fully saturated rings. The highest BCUT2D eigenvalue weighted by atomic mass is 19.4. The van der Waals surface area contributed by atoms with Crippen LogP contribution in [0.4, 0.5) is 18.9 Å². The SMILES string of the molecule is CCCN(C)C(=O)c1ccc(N)c(C(F)(F)F)c1. The summed E-state index contributed by atoms with van der Waals surface area (Å²) in [6.07, 6.45) is -3.81. The summed E-state index contributed by atoms with van der Waals surface area (Å²) in [5, 5.41) is 0. The van der Waals surface area contributed by atoms with E-state index in [0.717, 1.165) is 18.6 Å². The molecule has 0 heterocycles. The Hall–Kier alpha value is -1.72. The van der Waals surface area contributed by atoms with Crippen LogP contribution in [0.25, 0.3) is 0 Å². The van der Waals surface area contributed by atoms with Crippen LogP contribution in [-0.2, 0) is 6.18 Å². The summed E-state index contributed by atoms with van der Waals surface area (Å²) in [5.74, 6) is -0.442. The molecule has 1 rings (SSSR count). The van der Waals surface area contributed by atoms with Crippen molar-refractivity contribution in [3.63, 3.8) is 0 Å². The summed E-state index contributed by atoms with van der Waals surface area (Å²) < 4.78 is 37.9. The Morgan fingerprint density at radius 3 is 2.50 bits per heavy atom. The molecular weight excluding hydrogens is 245 g/mol. The molecule has 0 aliphatic carbocycles. The van der Waals surface area contributed by atoms with Crippen LogP contribution in [0.3, 0.4) is 0 Å². The van der Waals surface area contributed by atoms with Crippen molar-refractivity contribution in [1.82, 2.24) is 4.90 Å². The molecule has 0 aliphatic rings. The van der Waals surface area contributed by atoms with Gasteiger partial charge in [-0.1, -0.05) is 6.92 Å². The lowest BCUT2D eigenvalue weighted by atomic mass is 10.1. The number of benzene rings is 1. The van der Waals surface area contributed by atoms with Gasteiger partial charge in [0, 0.05) is 24.8 Å². The molecule has 18 heavy (non-hydrogen) atoms. The minimum atomic E-state index is -4.55. The van der Waals surface area contributed by atoms with Crippen molar-refractivity contribution in [2.24, 2.45) is 0 Å². The molecule has 6 heteroatoms. The van der Waals surface area contributed by atoms with E-state index >= 15 is 0 Å². The lowest BCUT2D eigenvalue weighted by Crippen LogP contribution is -2.27. The first-order chi connectivity index (χ1) is 8.27. The Balaban J connectivity index is 3.09. The number of anilines is 1. The second-order valence-electron chi connectivity index (χ2n) is 4.03. The van der Waals surface area contributed by atoms with Gasteiger partial charge in [-0.25, -0.2) is 0 Å². The third kappa shape index (κ3) is 3.15. The number of nitrogens with zero attached hydrogens (tertiary/aromatic N) is 1. The van der Waals surface area contributed by atoms with Crippen molar-refractivity contribution in [3.8, 4) is 0 Å². The molecule has 1 amide bonds. The normalized spacial score (nSPS) is 11.4. The molecule has 1 aromatic rings. The maximum atomic E-state index is 12.6. The summed E-state index contributed by atoms with van der Waals surface area (Å²) >= 11 is 0. The smallest absolute Gasteiger partial charge is 0.398 e. The van der Waals surface area contributed by atoms with Gasteiger partial charge in [0.1, 0.15) is 0 Å². The van der Waals surface area contributed by atoms with Crippen LogP contribution in [0.15, 0.2) is 18.2 Å². The van der Waals surface area contributed by atoms with Crippen LogP contribution < -0.4 is 5.73 Å². The molecule has 0 saturated carbocycles. The van der Waals surface area contributed by atoms with E-state index in [1.807, 2.05) is 6.92 Å². The highest BCUT2D eigenvalue weighted by Gasteiger charge is 2.33. The molecule has 0 unspecified atom stereocenters. The van der Waals surface area contributed by atoms with E-state index in [0.29, 0.717) is 6.54 Å². The number of carbonyl (C=O) groups excluding carboxylic acids is 1. The average Bonchev–Trinajstić information content (AvgIpc) is 2.27. The zero-order chi connectivity index (χ0) is 13.9. The van der Waals surface area contributed by atoms with E-state index < -0.39 is 17.6 Å². The van der Waals surface area contributed by atoms with Crippen molar-refractivity contribution in [2.75, 3.05) is 19.3 Å². The summed E-state index contributed by atoms with van der Waals surface area (Å²) in [5.41, 5.74) is 3.91. The monoisotopic (exact) mass is 260 g/mol. The van der Waals surface area contributed by atoms with Crippen LogP contribution in [-0.4, -0.2) is 24.4 Å². The number of carbonyl (C=O) groups is 1. The molecule has 2 N–H and O–H groups in total. The maximum Gasteiger partial charge on any atom is 0.418 e. The van der Waals surface area contributed by atoms with Crippen LogP contribution >= 0.6 is 0 Å². The fourth-order valence-corrected chi connectivity index (χ4v) is 1.59. The Bertz CT molecular complexity index is 443. The fourth-order valence-electron chi connectivity index (χ4n) is 1.59. The Kier molecular flexibility index (Phi) is 4.21. The number of nitrogens with two attached hydrogens (primary N) is 1. The van der Waals surface area contributed by atoms with Gasteiger partial charge in [0.05, 0.1) is 5.56 Å². The molecule has 0 bridgehead atoms. The summed E-state index contributed by atoms with van der Waals surface area (Å²) in [4.78, 5) is 13.2. The van der Waals surface area contributed by atoms with Crippen molar-refractivity contribution in [2.45, 2.75) is 19.5 Å². The first-order valence-electron chi connectivity index (χ1n) is 5.49. The van der Waals surface area contributed by atoms with Crippen molar-refractivity contribution < 1.29 is 18.0 Å². The summed E-state index contributed by atoms with van der Waals surface area (Å²) in [6.45, 7) is 2.37. The average molecular weight is 260 g/mol. The number of hydrogen-bond donors (Lipinski definition) is 1. The highest BCUT2D eigenvalue weighted by molar-refractivity contribution is 5.94. The predicted molar refractivity (Wildman–Crippen MR) is 63.1 cm³/mol. The molecule has 0 saturated heterocycles. The number of hydrogen-bond acceptors (Lipinski definition) is 2. The van der Waals surface area contributed by atoms with Crippen LogP contribution in [0.2, 0.25) is 0 Å². The molecule has 0 atom stereocenters. The molecule has 0 radical (unpaired) electrons. The number of halogens is 3. The molecule has 1 aromatic carbocycles. The minimum absolute atomic E-state index is 0.00697. The summed E-state index contributed by atoms with van der Waals surface area (Å²) in [6, 6.07) is 3.21. The van der Waals surface area contributed by atoms with Gasteiger partial charge in [-0.05, 0) is 24.6 Å². The van der Waals surface area contributed by atoms with Crippen molar-refractivity contribution in [1.29, 1.82) is 0 Å². The van der Waals surface area contributed by atoms with Gasteiger partial charge in [-0.3, -0.25) is 4.79 Å². The number of amides is 1. The van der Waals surface area contributed by atoms with Crippen molar-refractivity contribution in [3.05, 3.63) is 29.3 Å². The van der Waals surface area contributed by atoms with Crippen LogP contribution in [0.1, 0.15) is 29.3 Å². The van der Waals surface area contributed by atoms with Gasteiger partial charge in [-0.15, -0.1) is 0 Å². The van der Waals surface area contributed by atoms with Gasteiger partial charge < -0.3 is 10.6 Å². The molecular formula is C12H15F3N2O. The van der Waals surface area contributed by atoms with Crippen molar-refractivity contribution >= 4 is 11.6 Å². The number of rotatable bonds is 3. The minimum Gasteiger partial charge on any atom is -0.398 e. The number of alkyl halides is 3. The number of nitrogen functional groups attached to an aromatic ring is 1. The molecule has 3 nitrogen and oxygen atoms in total. The zero-order valence-electron chi connectivity index (χ0n) is 10.2. The van der Waals surface area contributed by atoms with E-state index in [1.54, 1.807) is 7.05 Å². The Morgan fingerprint density at radius 2 is 2.00 bits per heavy atom. The Morgan fingerprint density at radius 1 is 1.39 bits per heavy atom. The van der Waals surface area contributed by atoms with E-state index in [4.69, 9.17) is 5.73 Å². The standard InChI is InChI=1S/C12H15F3N2O/c1-3-6-17(2)11(18)8-4-5-10(16)9(7-8)12(13,14)15/h4-5,7H,3,6,16H2,1-2H3. The third-order valence-electron chi connectivity index (χ3n) is 2.51. The fraction of sp³-hybridized carbons (Fsp3) is 0.417. The Labute approximate surface area is 103 Å². The summed E-state index contributed by atoms with van der Waals surface area (Å²) in [7, 11) is 1.55. The van der Waals surface area contributed by atoms with E-state index in [2.05, 4.69) is 0 Å². The van der Waals surface area contributed by atoms with E-state index in [1.165, 1.54) is 11.0 Å². The third-order valence-corrected chi connectivity index (χ3v) is 2.51. The van der Waals surface area contributed by atoms with Gasteiger partial charge in [0.15, 0.2) is 0 Å². The van der Waals surface area contributed by atoms with Crippen LogP contribution in [0, 0.1) is 0 Å². The second-order valence-corrected chi connectivity index (χ2v) is 4.03. The maximum absolute atomic E-state index is 12.6. The predicted octanol–water partition coefficient (Wildman–Crippen LogP) is 2.77. The second kappa shape index (κ2) is 5.29. The lowest BCUT2D eigenvalue weighted by molar-refractivity contribution is -0.136. The first-order valence-corrected chi connectivity index (χ1v) is 5.49. The highest BCUT2D eigenvalue weighted by Crippen LogP contribution is 2.34. The first kappa shape index (κ1) is 14.3. The van der Waals surface area contributed by atoms with Gasteiger partial charge in [0.25, 0.3) is 5.91 Å². The van der Waals surface area contributed by atoms with Crippen LogP contribution in [0.5, 0.6) is 0 Å². The topological polar surface area (TPSA) is 46.3 Å². The largest absolute Gasteiger partial charge is 0.418 e. The molecule has 0 spiro atoms. The zero-order valence-corrected chi connectivity index (χ0v) is 10.2. The molecule has 0 aromatic heterocycles.